The molecule has 1 atom stereocenters. The number of hydrogen-bond acceptors (Lipinski definition) is 7. The number of fused-ring (bicyclic) bond motifs is 1. The maximum absolute atomic E-state index is 12.7. The van der Waals surface area contributed by atoms with Crippen molar-refractivity contribution in [3.05, 3.63) is 41.5 Å². The fourth-order valence-electron chi connectivity index (χ4n) is 2.94. The highest BCUT2D eigenvalue weighted by Crippen LogP contribution is 2.56. The van der Waals surface area contributed by atoms with E-state index >= 15 is 0 Å². The van der Waals surface area contributed by atoms with Gasteiger partial charge in [-0.3, -0.25) is 4.79 Å². The summed E-state index contributed by atoms with van der Waals surface area (Å²) in [6, 6.07) is 8.52. The Hall–Kier alpha value is -2.93. The number of methoxy groups -OCH3 is 3. The van der Waals surface area contributed by atoms with Crippen molar-refractivity contribution < 1.29 is 34.0 Å². The van der Waals surface area contributed by atoms with Gasteiger partial charge in [-0.05, 0) is 0 Å². The third-order valence-electron chi connectivity index (χ3n) is 4.08. The molecule has 0 saturated heterocycles. The Labute approximate surface area is 144 Å². The van der Waals surface area contributed by atoms with Crippen LogP contribution in [0.5, 0.6) is 28.7 Å². The van der Waals surface area contributed by atoms with Crippen LogP contribution in [0.1, 0.15) is 22.3 Å². The van der Waals surface area contributed by atoms with Crippen LogP contribution in [-0.2, 0) is 5.79 Å². The number of ether oxygens (including phenoxy) is 4. The molecule has 2 aromatic rings. The van der Waals surface area contributed by atoms with Gasteiger partial charge in [0.2, 0.25) is 23.0 Å². The quantitative estimate of drug-likeness (QED) is 0.876. The number of carbonyl (C=O) groups is 1. The Balaban J connectivity index is 2.25. The molecular formula is C18H18O7. The molecule has 0 bridgehead atoms. The lowest BCUT2D eigenvalue weighted by Crippen LogP contribution is -2.39. The molecule has 2 N–H and O–H groups in total. The Morgan fingerprint density at radius 1 is 1.00 bits per heavy atom. The molecule has 0 aliphatic carbocycles. The third kappa shape index (κ3) is 2.53. The summed E-state index contributed by atoms with van der Waals surface area (Å²) < 4.78 is 21.4. The number of aliphatic hydroxyl groups is 1. The number of carbonyl (C=O) groups excluding carboxylic acids is 1. The lowest BCUT2D eigenvalue weighted by molar-refractivity contribution is -0.148. The first-order valence-electron chi connectivity index (χ1n) is 7.51. The number of phenols is 1. The highest BCUT2D eigenvalue weighted by Gasteiger charge is 2.45. The number of rotatable bonds is 4. The van der Waals surface area contributed by atoms with Gasteiger partial charge < -0.3 is 29.2 Å². The number of benzene rings is 2. The number of ketones is 1. The topological polar surface area (TPSA) is 94.5 Å². The van der Waals surface area contributed by atoms with Gasteiger partial charge in [-0.2, -0.15) is 0 Å². The number of Topliss-reactive ketones (excluding diaryl/α,β-unsaturated/α-hetero) is 1. The smallest absolute Gasteiger partial charge is 0.242 e. The zero-order valence-electron chi connectivity index (χ0n) is 14.0. The first-order valence-corrected chi connectivity index (χ1v) is 7.51. The van der Waals surface area contributed by atoms with E-state index in [0.29, 0.717) is 5.56 Å². The van der Waals surface area contributed by atoms with E-state index in [2.05, 4.69) is 0 Å². The Kier molecular flexibility index (Phi) is 4.18. The maximum atomic E-state index is 12.7. The van der Waals surface area contributed by atoms with Gasteiger partial charge in [0, 0.05) is 5.56 Å². The summed E-state index contributed by atoms with van der Waals surface area (Å²) in [5, 5.41) is 21.3. The minimum atomic E-state index is -1.88. The minimum absolute atomic E-state index is 0.0415. The van der Waals surface area contributed by atoms with Crippen molar-refractivity contribution in [1.82, 2.24) is 0 Å². The van der Waals surface area contributed by atoms with Crippen LogP contribution < -0.4 is 18.9 Å². The molecule has 0 spiro atoms. The van der Waals surface area contributed by atoms with Crippen LogP contribution >= 0.6 is 0 Å². The molecule has 7 heteroatoms. The summed E-state index contributed by atoms with van der Waals surface area (Å²) in [7, 11) is 4.05. The molecule has 1 unspecified atom stereocenters. The molecule has 3 rings (SSSR count). The van der Waals surface area contributed by atoms with E-state index in [9.17, 15) is 15.0 Å². The van der Waals surface area contributed by atoms with E-state index in [-0.39, 0.29) is 35.0 Å². The van der Waals surface area contributed by atoms with Crippen molar-refractivity contribution >= 4 is 5.78 Å². The summed E-state index contributed by atoms with van der Waals surface area (Å²) in [4.78, 5) is 12.7. The SMILES string of the molecule is COc1c(O)c2c(c(OC)c1OC)OC(O)(c1ccccc1)CC2=O. The third-order valence-corrected chi connectivity index (χ3v) is 4.08. The Morgan fingerprint density at radius 3 is 2.16 bits per heavy atom. The van der Waals surface area contributed by atoms with E-state index < -0.39 is 17.3 Å². The van der Waals surface area contributed by atoms with Crippen molar-refractivity contribution in [3.63, 3.8) is 0 Å². The van der Waals surface area contributed by atoms with Crippen LogP contribution in [0.2, 0.25) is 0 Å². The number of phenolic OH excluding ortho intramolecular Hbond substituents is 1. The minimum Gasteiger partial charge on any atom is -0.504 e. The normalized spacial score (nSPS) is 19.0. The van der Waals surface area contributed by atoms with Crippen molar-refractivity contribution in [1.29, 1.82) is 0 Å². The molecule has 2 aromatic carbocycles. The molecule has 0 fully saturated rings. The summed E-state index contributed by atoms with van der Waals surface area (Å²) in [6.45, 7) is 0. The fourth-order valence-corrected chi connectivity index (χ4v) is 2.94. The largest absolute Gasteiger partial charge is 0.504 e. The lowest BCUT2D eigenvalue weighted by atomic mass is 9.92. The van der Waals surface area contributed by atoms with Crippen LogP contribution in [0.15, 0.2) is 30.3 Å². The molecule has 0 saturated carbocycles. The van der Waals surface area contributed by atoms with Crippen molar-refractivity contribution in [2.75, 3.05) is 21.3 Å². The molecule has 7 nitrogen and oxygen atoms in total. The van der Waals surface area contributed by atoms with Gasteiger partial charge in [-0.1, -0.05) is 30.3 Å². The van der Waals surface area contributed by atoms with Gasteiger partial charge in [-0.25, -0.2) is 0 Å². The standard InChI is InChI=1S/C18H18O7/c1-22-15-13(20)12-11(19)9-18(21,10-7-5-4-6-8-10)25-14(12)16(23-2)17(15)24-3/h4-8,20-21H,9H2,1-3H3. The molecule has 0 aromatic heterocycles. The van der Waals surface area contributed by atoms with Crippen LogP contribution in [0.25, 0.3) is 0 Å². The molecule has 1 heterocycles. The van der Waals surface area contributed by atoms with E-state index in [4.69, 9.17) is 18.9 Å². The number of hydrogen-bond donors (Lipinski definition) is 2. The molecule has 25 heavy (non-hydrogen) atoms. The average Bonchev–Trinajstić information content (AvgIpc) is 2.61. The van der Waals surface area contributed by atoms with Crippen LogP contribution in [0.4, 0.5) is 0 Å². The van der Waals surface area contributed by atoms with Gasteiger partial charge in [0.05, 0.1) is 27.8 Å². The maximum Gasteiger partial charge on any atom is 0.242 e. The van der Waals surface area contributed by atoms with Gasteiger partial charge in [0.25, 0.3) is 0 Å². The van der Waals surface area contributed by atoms with E-state index in [1.807, 2.05) is 0 Å². The van der Waals surface area contributed by atoms with E-state index in [0.717, 1.165) is 0 Å². The lowest BCUT2D eigenvalue weighted by Gasteiger charge is -2.35. The first-order chi connectivity index (χ1) is 12.0. The summed E-state index contributed by atoms with van der Waals surface area (Å²) in [5.74, 6) is -2.84. The van der Waals surface area contributed by atoms with Gasteiger partial charge >= 0.3 is 0 Å². The average molecular weight is 346 g/mol. The van der Waals surface area contributed by atoms with Crippen LogP contribution in [0.3, 0.4) is 0 Å². The fraction of sp³-hybridized carbons (Fsp3) is 0.278. The van der Waals surface area contributed by atoms with Crippen molar-refractivity contribution in [3.8, 4) is 28.7 Å². The van der Waals surface area contributed by atoms with Gasteiger partial charge in [0.15, 0.2) is 17.3 Å². The molecule has 1 aliphatic rings. The highest BCUT2D eigenvalue weighted by atomic mass is 16.6. The highest BCUT2D eigenvalue weighted by molar-refractivity contribution is 6.05. The zero-order chi connectivity index (χ0) is 18.2. The summed E-state index contributed by atoms with van der Waals surface area (Å²) >= 11 is 0. The molecule has 0 amide bonds. The molecular weight excluding hydrogens is 328 g/mol. The van der Waals surface area contributed by atoms with Gasteiger partial charge in [0.1, 0.15) is 5.56 Å². The Bertz CT molecular complexity index is 816. The number of aromatic hydroxyl groups is 1. The summed E-state index contributed by atoms with van der Waals surface area (Å²) in [6.07, 6.45) is -0.365. The van der Waals surface area contributed by atoms with E-state index in [1.165, 1.54) is 21.3 Å². The second-order valence-electron chi connectivity index (χ2n) is 5.50. The molecule has 132 valence electrons. The second-order valence-corrected chi connectivity index (χ2v) is 5.50. The van der Waals surface area contributed by atoms with E-state index in [1.54, 1.807) is 30.3 Å². The molecule has 1 aliphatic heterocycles. The first kappa shape index (κ1) is 16.9. The predicted octanol–water partition coefficient (Wildman–Crippen LogP) is 2.23. The zero-order valence-corrected chi connectivity index (χ0v) is 14.0. The second kappa shape index (κ2) is 6.18. The molecule has 0 radical (unpaired) electrons. The van der Waals surface area contributed by atoms with Crippen LogP contribution in [-0.4, -0.2) is 37.3 Å². The van der Waals surface area contributed by atoms with Crippen molar-refractivity contribution in [2.24, 2.45) is 0 Å². The van der Waals surface area contributed by atoms with Crippen LogP contribution in [0, 0.1) is 0 Å². The monoisotopic (exact) mass is 346 g/mol. The Morgan fingerprint density at radius 2 is 1.60 bits per heavy atom. The predicted molar refractivity (Wildman–Crippen MR) is 87.7 cm³/mol. The summed E-state index contributed by atoms with van der Waals surface area (Å²) in [5.41, 5.74) is 0.292. The van der Waals surface area contributed by atoms with Gasteiger partial charge in [-0.15, -0.1) is 0 Å². The van der Waals surface area contributed by atoms with Crippen molar-refractivity contribution in [2.45, 2.75) is 12.2 Å².